The molecule has 0 aromatic heterocycles. The van der Waals surface area contributed by atoms with Crippen molar-refractivity contribution in [1.29, 1.82) is 0 Å². The monoisotopic (exact) mass is 292 g/mol. The fourth-order valence-corrected chi connectivity index (χ4v) is 2.71. The molecule has 3 heteroatoms. The highest BCUT2D eigenvalue weighted by Gasteiger charge is 2.31. The lowest BCUT2D eigenvalue weighted by Gasteiger charge is -2.29. The van der Waals surface area contributed by atoms with Crippen LogP contribution in [0.3, 0.4) is 0 Å². The zero-order valence-electron chi connectivity index (χ0n) is 13.6. The van der Waals surface area contributed by atoms with Crippen molar-refractivity contribution in [2.24, 2.45) is 11.7 Å². The van der Waals surface area contributed by atoms with E-state index in [2.05, 4.69) is 31.7 Å². The molecular weight excluding hydrogens is 263 g/mol. The first-order valence-corrected chi connectivity index (χ1v) is 8.32. The van der Waals surface area contributed by atoms with Crippen LogP contribution in [-0.4, -0.2) is 18.6 Å². The third-order valence-corrected chi connectivity index (χ3v) is 4.33. The molecule has 0 bridgehead atoms. The van der Waals surface area contributed by atoms with Crippen LogP contribution in [0.4, 0.5) is 10.1 Å². The summed E-state index contributed by atoms with van der Waals surface area (Å²) >= 11 is 0. The summed E-state index contributed by atoms with van der Waals surface area (Å²) in [6, 6.07) is 6.10. The van der Waals surface area contributed by atoms with E-state index in [0.29, 0.717) is 18.4 Å². The summed E-state index contributed by atoms with van der Waals surface area (Å²) in [5.74, 6) is 0.563. The van der Waals surface area contributed by atoms with Crippen LogP contribution in [0.1, 0.15) is 52.0 Å². The summed E-state index contributed by atoms with van der Waals surface area (Å²) in [4.78, 5) is 2.42. The van der Waals surface area contributed by atoms with Crippen LogP contribution in [0, 0.1) is 11.7 Å². The maximum atomic E-state index is 14.3. The van der Waals surface area contributed by atoms with Gasteiger partial charge in [-0.05, 0) is 50.2 Å². The number of hydrogen-bond acceptors (Lipinski definition) is 2. The van der Waals surface area contributed by atoms with Gasteiger partial charge < -0.3 is 10.6 Å². The molecule has 21 heavy (non-hydrogen) atoms. The van der Waals surface area contributed by atoms with Crippen molar-refractivity contribution < 1.29 is 4.39 Å². The molecule has 1 unspecified atom stereocenters. The molecule has 118 valence electrons. The summed E-state index contributed by atoms with van der Waals surface area (Å²) in [6.45, 7) is 7.55. The number of anilines is 1. The summed E-state index contributed by atoms with van der Waals surface area (Å²) in [6.07, 6.45) is 5.11. The smallest absolute Gasteiger partial charge is 0.128 e. The normalized spacial score (nSPS) is 16.3. The number of hydrogen-bond donors (Lipinski definition) is 1. The number of rotatable bonds is 8. The van der Waals surface area contributed by atoms with Crippen molar-refractivity contribution in [3.05, 3.63) is 29.6 Å². The maximum absolute atomic E-state index is 14.3. The van der Waals surface area contributed by atoms with Crippen LogP contribution in [-0.2, 0) is 6.42 Å². The molecule has 2 N–H and O–H groups in total. The third-order valence-electron chi connectivity index (χ3n) is 4.33. The van der Waals surface area contributed by atoms with Crippen molar-refractivity contribution in [3.8, 4) is 0 Å². The van der Waals surface area contributed by atoms with Crippen molar-refractivity contribution in [1.82, 2.24) is 0 Å². The Balaban J connectivity index is 2.24. The molecule has 0 heterocycles. The fourth-order valence-electron chi connectivity index (χ4n) is 2.71. The number of benzene rings is 1. The minimum absolute atomic E-state index is 0.0341. The largest absolute Gasteiger partial charge is 0.368 e. The molecule has 2 nitrogen and oxygen atoms in total. The summed E-state index contributed by atoms with van der Waals surface area (Å²) < 4.78 is 14.3. The molecule has 0 spiro atoms. The lowest BCUT2D eigenvalue weighted by atomic mass is 10.0. The average molecular weight is 292 g/mol. The first-order valence-electron chi connectivity index (χ1n) is 8.32. The maximum Gasteiger partial charge on any atom is 0.128 e. The SMILES string of the molecule is CCC(N)Cc1c(F)cccc1N(CCC(C)C)C1CC1. The minimum atomic E-state index is -0.105. The highest BCUT2D eigenvalue weighted by atomic mass is 19.1. The van der Waals surface area contributed by atoms with Crippen molar-refractivity contribution >= 4 is 5.69 Å². The molecule has 1 aliphatic rings. The molecule has 0 amide bonds. The molecule has 1 aliphatic carbocycles. The Morgan fingerprint density at radius 2 is 2.05 bits per heavy atom. The molecule has 1 aromatic rings. The standard InChI is InChI=1S/C18H29FN2/c1-4-14(20)12-16-17(19)6-5-7-18(16)21(15-8-9-15)11-10-13(2)3/h5-7,13-15H,4,8-12,20H2,1-3H3. The van der Waals surface area contributed by atoms with Crippen LogP contribution < -0.4 is 10.6 Å². The van der Waals surface area contributed by atoms with Crippen molar-refractivity contribution in [2.45, 2.75) is 65.0 Å². The Kier molecular flexibility index (Phi) is 5.63. The van der Waals surface area contributed by atoms with Gasteiger partial charge in [0.25, 0.3) is 0 Å². The van der Waals surface area contributed by atoms with E-state index in [-0.39, 0.29) is 11.9 Å². The van der Waals surface area contributed by atoms with Gasteiger partial charge in [0.2, 0.25) is 0 Å². The van der Waals surface area contributed by atoms with Crippen LogP contribution in [0.15, 0.2) is 18.2 Å². The lowest BCUT2D eigenvalue weighted by molar-refractivity contribution is 0.558. The van der Waals surface area contributed by atoms with Gasteiger partial charge in [-0.2, -0.15) is 0 Å². The van der Waals surface area contributed by atoms with E-state index in [9.17, 15) is 4.39 Å². The number of nitrogens with two attached hydrogens (primary N) is 1. The topological polar surface area (TPSA) is 29.3 Å². The Bertz CT molecular complexity index is 455. The van der Waals surface area contributed by atoms with Crippen LogP contribution >= 0.6 is 0 Å². The molecule has 1 atom stereocenters. The third kappa shape index (κ3) is 4.44. The van der Waals surface area contributed by atoms with Gasteiger partial charge in [-0.15, -0.1) is 0 Å². The summed E-state index contributed by atoms with van der Waals surface area (Å²) in [5.41, 5.74) is 7.95. The van der Waals surface area contributed by atoms with Gasteiger partial charge in [0.15, 0.2) is 0 Å². The molecule has 0 radical (unpaired) electrons. The number of halogens is 1. The number of nitrogens with zero attached hydrogens (tertiary/aromatic N) is 1. The second kappa shape index (κ2) is 7.26. The predicted octanol–water partition coefficient (Wildman–Crippen LogP) is 4.12. The molecule has 1 fully saturated rings. The highest BCUT2D eigenvalue weighted by molar-refractivity contribution is 5.56. The molecule has 2 rings (SSSR count). The van der Waals surface area contributed by atoms with Gasteiger partial charge in [0.1, 0.15) is 5.82 Å². The van der Waals surface area contributed by atoms with Gasteiger partial charge in [-0.25, -0.2) is 4.39 Å². The van der Waals surface area contributed by atoms with Crippen LogP contribution in [0.2, 0.25) is 0 Å². The zero-order chi connectivity index (χ0) is 15.4. The van der Waals surface area contributed by atoms with Crippen molar-refractivity contribution in [3.63, 3.8) is 0 Å². The van der Waals surface area contributed by atoms with Crippen LogP contribution in [0.25, 0.3) is 0 Å². The van der Waals surface area contributed by atoms with E-state index in [1.165, 1.54) is 12.8 Å². The zero-order valence-corrected chi connectivity index (χ0v) is 13.6. The first-order chi connectivity index (χ1) is 10.0. The highest BCUT2D eigenvalue weighted by Crippen LogP contribution is 2.35. The summed E-state index contributed by atoms with van der Waals surface area (Å²) in [5, 5.41) is 0. The van der Waals surface area contributed by atoms with E-state index in [1.807, 2.05) is 6.07 Å². The van der Waals surface area contributed by atoms with Crippen LogP contribution in [0.5, 0.6) is 0 Å². The van der Waals surface area contributed by atoms with Gasteiger partial charge >= 0.3 is 0 Å². The van der Waals surface area contributed by atoms with E-state index in [1.54, 1.807) is 6.07 Å². The van der Waals surface area contributed by atoms with Gasteiger partial charge in [0.05, 0.1) is 0 Å². The van der Waals surface area contributed by atoms with Gasteiger partial charge in [0, 0.05) is 29.9 Å². The fraction of sp³-hybridized carbons (Fsp3) is 0.667. The summed E-state index contributed by atoms with van der Waals surface area (Å²) in [7, 11) is 0. The Morgan fingerprint density at radius 1 is 1.33 bits per heavy atom. The van der Waals surface area contributed by atoms with Crippen molar-refractivity contribution in [2.75, 3.05) is 11.4 Å². The predicted molar refractivity (Wildman–Crippen MR) is 88.2 cm³/mol. The van der Waals surface area contributed by atoms with E-state index >= 15 is 0 Å². The minimum Gasteiger partial charge on any atom is -0.368 e. The molecule has 0 saturated heterocycles. The first kappa shape index (κ1) is 16.3. The Labute approximate surface area is 128 Å². The molecule has 1 saturated carbocycles. The van der Waals surface area contributed by atoms with E-state index in [0.717, 1.165) is 30.6 Å². The molecular formula is C18H29FN2. The van der Waals surface area contributed by atoms with E-state index in [4.69, 9.17) is 5.73 Å². The average Bonchev–Trinajstić information content (AvgIpc) is 3.26. The molecule has 1 aromatic carbocycles. The second-order valence-corrected chi connectivity index (χ2v) is 6.72. The lowest BCUT2D eigenvalue weighted by Crippen LogP contribution is -2.30. The van der Waals surface area contributed by atoms with Gasteiger partial charge in [-0.3, -0.25) is 0 Å². The quantitative estimate of drug-likeness (QED) is 0.781. The Hall–Kier alpha value is -1.09. The molecule has 0 aliphatic heterocycles. The second-order valence-electron chi connectivity index (χ2n) is 6.72. The van der Waals surface area contributed by atoms with Gasteiger partial charge in [-0.1, -0.05) is 26.8 Å². The van der Waals surface area contributed by atoms with E-state index < -0.39 is 0 Å². The Morgan fingerprint density at radius 3 is 2.62 bits per heavy atom.